The summed E-state index contributed by atoms with van der Waals surface area (Å²) >= 11 is 0. The van der Waals surface area contributed by atoms with Gasteiger partial charge in [-0.25, -0.2) is 9.59 Å². The quantitative estimate of drug-likeness (QED) is 0.368. The molecule has 0 fully saturated rings. The van der Waals surface area contributed by atoms with E-state index in [2.05, 4.69) is 0 Å². The highest BCUT2D eigenvalue weighted by Gasteiger charge is 1.83. The average molecular weight is 216 g/mol. The highest BCUT2D eigenvalue weighted by Crippen LogP contribution is 1.68. The van der Waals surface area contributed by atoms with Crippen LogP contribution in [0.5, 0.6) is 0 Å². The fourth-order valence-electron chi connectivity index (χ4n) is 0. The number of rotatable bonds is 1. The summed E-state index contributed by atoms with van der Waals surface area (Å²) in [5, 5.41) is 43.9. The molecule has 0 rings (SSSR count). The first kappa shape index (κ1) is 22.9. The zero-order valence-electron chi connectivity index (χ0n) is 6.78. The summed E-state index contributed by atoms with van der Waals surface area (Å²) in [5.74, 6) is 0. The molecule has 0 saturated heterocycles. The topological polar surface area (TPSA) is 156 Å². The van der Waals surface area contributed by atoms with Crippen LogP contribution in [-0.2, 0) is 0 Å². The number of carboxylic acid groups (broad SMARTS) is 4. The number of aliphatic hydroxyl groups is 2. The molecule has 0 aliphatic carbocycles. The predicted molar refractivity (Wildman–Crippen MR) is 46.8 cm³/mol. The lowest BCUT2D eigenvalue weighted by atomic mass is 10.5. The summed E-state index contributed by atoms with van der Waals surface area (Å²) in [6.45, 7) is 1.39. The van der Waals surface area contributed by atoms with Gasteiger partial charge in [0, 0.05) is 0 Å². The lowest BCUT2D eigenvalue weighted by molar-refractivity contribution is 0.110. The maximum Gasteiger partial charge on any atom is 0.503 e. The Bertz CT molecular complexity index is 112. The minimum absolute atomic E-state index is 0. The van der Waals surface area contributed by atoms with E-state index in [0.717, 1.165) is 0 Å². The summed E-state index contributed by atoms with van der Waals surface area (Å²) in [6.07, 6.45) is -4.23. The van der Waals surface area contributed by atoms with Gasteiger partial charge in [-0.3, -0.25) is 0 Å². The van der Waals surface area contributed by atoms with E-state index in [1.165, 1.54) is 6.92 Å². The van der Waals surface area contributed by atoms with Gasteiger partial charge in [-0.05, 0) is 6.92 Å². The highest BCUT2D eigenvalue weighted by atomic mass is 16.6. The maximum absolute atomic E-state index is 8.56. The van der Waals surface area contributed by atoms with E-state index >= 15 is 0 Å². The number of hydrogen-bond donors (Lipinski definition) is 6. The van der Waals surface area contributed by atoms with Gasteiger partial charge in [-0.1, -0.05) is 7.43 Å². The molecule has 0 radical (unpaired) electrons. The van der Waals surface area contributed by atoms with E-state index in [0.29, 0.717) is 0 Å². The van der Waals surface area contributed by atoms with E-state index in [1.807, 2.05) is 0 Å². The van der Waals surface area contributed by atoms with Crippen molar-refractivity contribution in [2.75, 3.05) is 6.61 Å². The van der Waals surface area contributed by atoms with E-state index in [1.54, 1.807) is 0 Å². The summed E-state index contributed by atoms with van der Waals surface area (Å²) in [6, 6.07) is 0. The van der Waals surface area contributed by atoms with Crippen molar-refractivity contribution in [3.05, 3.63) is 0 Å². The van der Waals surface area contributed by atoms with Gasteiger partial charge >= 0.3 is 12.3 Å². The summed E-state index contributed by atoms with van der Waals surface area (Å²) < 4.78 is 0. The molecule has 0 spiro atoms. The molecule has 1 unspecified atom stereocenters. The molecule has 0 aliphatic rings. The molecule has 8 heteroatoms. The van der Waals surface area contributed by atoms with Crippen LogP contribution in [-0.4, -0.2) is 55.7 Å². The molecule has 0 aromatic heterocycles. The zero-order valence-corrected chi connectivity index (χ0v) is 6.78. The lowest BCUT2D eigenvalue weighted by Crippen LogP contribution is -2.03. The first-order valence-corrected chi connectivity index (χ1v) is 2.86. The van der Waals surface area contributed by atoms with Crippen LogP contribution < -0.4 is 0 Å². The van der Waals surface area contributed by atoms with Crippen LogP contribution in [0.2, 0.25) is 0 Å². The third-order valence-electron chi connectivity index (χ3n) is 0.264. The Morgan fingerprint density at radius 2 is 1.14 bits per heavy atom. The van der Waals surface area contributed by atoms with Crippen molar-refractivity contribution in [3.8, 4) is 0 Å². The van der Waals surface area contributed by atoms with Crippen molar-refractivity contribution < 1.29 is 40.2 Å². The largest absolute Gasteiger partial charge is 0.503 e. The zero-order chi connectivity index (χ0) is 11.4. The molecule has 8 nitrogen and oxygen atoms in total. The molecule has 0 bridgehead atoms. The molecule has 0 heterocycles. The second kappa shape index (κ2) is 17.5. The van der Waals surface area contributed by atoms with E-state index in [4.69, 9.17) is 40.2 Å². The van der Waals surface area contributed by atoms with Gasteiger partial charge in [0.05, 0.1) is 12.7 Å². The third-order valence-corrected chi connectivity index (χ3v) is 0.264. The van der Waals surface area contributed by atoms with Crippen LogP contribution >= 0.6 is 0 Å². The Hall–Kier alpha value is -1.54. The van der Waals surface area contributed by atoms with Crippen LogP contribution in [0.4, 0.5) is 9.59 Å². The first-order valence-electron chi connectivity index (χ1n) is 2.86. The van der Waals surface area contributed by atoms with Crippen molar-refractivity contribution in [3.63, 3.8) is 0 Å². The van der Waals surface area contributed by atoms with Gasteiger partial charge in [-0.15, -0.1) is 0 Å². The lowest BCUT2D eigenvalue weighted by Gasteiger charge is -1.90. The van der Waals surface area contributed by atoms with Crippen molar-refractivity contribution in [2.24, 2.45) is 0 Å². The monoisotopic (exact) mass is 216 g/mol. The number of aliphatic hydroxyl groups excluding tert-OH is 2. The van der Waals surface area contributed by atoms with Crippen LogP contribution in [0.15, 0.2) is 0 Å². The van der Waals surface area contributed by atoms with Gasteiger partial charge in [0.1, 0.15) is 0 Å². The van der Waals surface area contributed by atoms with E-state index < -0.39 is 18.4 Å². The Labute approximate surface area is 80.7 Å². The molecule has 88 valence electrons. The van der Waals surface area contributed by atoms with Crippen molar-refractivity contribution in [1.29, 1.82) is 0 Å². The molecule has 0 amide bonds. The Morgan fingerprint density at radius 3 is 1.14 bits per heavy atom. The van der Waals surface area contributed by atoms with Gasteiger partial charge < -0.3 is 30.6 Å². The fraction of sp³-hybridized carbons (Fsp3) is 0.667. The van der Waals surface area contributed by atoms with E-state index in [9.17, 15) is 0 Å². The molecule has 0 saturated carbocycles. The molecule has 14 heavy (non-hydrogen) atoms. The number of carbonyl (C=O) groups is 2. The molecule has 0 aromatic carbocycles. The van der Waals surface area contributed by atoms with Gasteiger partial charge in [-0.2, -0.15) is 0 Å². The number of hydrogen-bond acceptors (Lipinski definition) is 4. The highest BCUT2D eigenvalue weighted by molar-refractivity contribution is 5.53. The molecular formula is C6H16O8. The van der Waals surface area contributed by atoms with Gasteiger partial charge in [0.25, 0.3) is 0 Å². The van der Waals surface area contributed by atoms with Crippen LogP contribution in [0, 0.1) is 0 Å². The van der Waals surface area contributed by atoms with Crippen LogP contribution in [0.3, 0.4) is 0 Å². The van der Waals surface area contributed by atoms with Crippen LogP contribution in [0.1, 0.15) is 14.4 Å². The molecule has 0 aliphatic heterocycles. The van der Waals surface area contributed by atoms with Crippen molar-refractivity contribution >= 4 is 12.3 Å². The minimum Gasteiger partial charge on any atom is -0.450 e. The Kier molecular flexibility index (Phi) is 28.6. The van der Waals surface area contributed by atoms with Gasteiger partial charge in [0.2, 0.25) is 0 Å². The van der Waals surface area contributed by atoms with Crippen LogP contribution in [0.25, 0.3) is 0 Å². The molecule has 1 atom stereocenters. The normalized spacial score (nSPS) is 8.79. The maximum atomic E-state index is 8.56. The SMILES string of the molecule is C.CC(O)CO.O=C(O)O.O=C(O)O. The van der Waals surface area contributed by atoms with Gasteiger partial charge in [0.15, 0.2) is 0 Å². The predicted octanol–water partition coefficient (Wildman–Crippen LogP) is 0.440. The average Bonchev–Trinajstić information content (AvgIpc) is 1.84. The second-order valence-corrected chi connectivity index (χ2v) is 1.60. The fourth-order valence-corrected chi connectivity index (χ4v) is 0. The Balaban J connectivity index is -0.0000000522. The van der Waals surface area contributed by atoms with E-state index in [-0.39, 0.29) is 14.0 Å². The summed E-state index contributed by atoms with van der Waals surface area (Å²) in [5.41, 5.74) is 0. The summed E-state index contributed by atoms with van der Waals surface area (Å²) in [7, 11) is 0. The second-order valence-electron chi connectivity index (χ2n) is 1.60. The van der Waals surface area contributed by atoms with Crippen molar-refractivity contribution in [1.82, 2.24) is 0 Å². The Morgan fingerprint density at radius 1 is 1.07 bits per heavy atom. The molecule has 0 aromatic rings. The van der Waals surface area contributed by atoms with Crippen molar-refractivity contribution in [2.45, 2.75) is 20.5 Å². The molecular weight excluding hydrogens is 200 g/mol. The smallest absolute Gasteiger partial charge is 0.450 e. The summed E-state index contributed by atoms with van der Waals surface area (Å²) in [4.78, 5) is 17.1. The third kappa shape index (κ3) is 4420. The minimum atomic E-state index is -1.83. The molecule has 6 N–H and O–H groups in total. The first-order chi connectivity index (χ1) is 5.73. The standard InChI is InChI=1S/C3H8O2.2CH2O3.CH4/c1-3(5)2-4;2*2-1(3)4;/h3-5H,2H2,1H3;2*(H2,2,3,4);1H4.